The summed E-state index contributed by atoms with van der Waals surface area (Å²) in [6.45, 7) is 12.9. The summed E-state index contributed by atoms with van der Waals surface area (Å²) in [7, 11) is 0. The molecule has 0 aliphatic heterocycles. The van der Waals surface area contributed by atoms with Gasteiger partial charge in [0, 0.05) is 0 Å². The van der Waals surface area contributed by atoms with E-state index in [-0.39, 0.29) is 0 Å². The summed E-state index contributed by atoms with van der Waals surface area (Å²) in [6, 6.07) is 0. The lowest BCUT2D eigenvalue weighted by Gasteiger charge is -2.44. The van der Waals surface area contributed by atoms with Crippen molar-refractivity contribution in [3.63, 3.8) is 0 Å². The van der Waals surface area contributed by atoms with Gasteiger partial charge in [-0.25, -0.2) is 0 Å². The zero-order valence-electron chi connectivity index (χ0n) is 19.7. The first-order valence-corrected chi connectivity index (χ1v) is 12.2. The molecule has 6 atom stereocenters. The van der Waals surface area contributed by atoms with Crippen molar-refractivity contribution in [2.24, 2.45) is 23.2 Å². The third kappa shape index (κ3) is 5.11. The molecule has 3 fully saturated rings. The molecule has 0 aromatic carbocycles. The van der Waals surface area contributed by atoms with Crippen LogP contribution in [-0.4, -0.2) is 33.1 Å². The Labute approximate surface area is 184 Å². The maximum Gasteiger partial charge on any atom is 0.105 e. The maximum absolute atomic E-state index is 10.4. The molecule has 3 N–H and O–H groups in total. The molecule has 0 aromatic heterocycles. The van der Waals surface area contributed by atoms with Gasteiger partial charge in [-0.2, -0.15) is 0 Å². The lowest BCUT2D eigenvalue weighted by molar-refractivity contribution is 0.0299. The van der Waals surface area contributed by atoms with Crippen LogP contribution in [0, 0.1) is 23.2 Å². The van der Waals surface area contributed by atoms with Crippen LogP contribution < -0.4 is 0 Å². The first-order valence-electron chi connectivity index (χ1n) is 12.2. The second-order valence-corrected chi connectivity index (χ2v) is 11.3. The standard InChI is InChI=1S/C27H44O3/c1-18-10-15-24(28)25(29)21(18)12-11-20-9-7-17-27(5)22(13-14-23(20)27)19(2)8-6-16-26(3,4)30/h11-12,19,22-25,28-30H,1,6-10,13-17H2,2-5H3/b20-11+,21-12+/t19-,22-,23+,24+,25-,27-/m1/s1. The van der Waals surface area contributed by atoms with E-state index in [0.29, 0.717) is 23.7 Å². The molecule has 0 unspecified atom stereocenters. The lowest BCUT2D eigenvalue weighted by Crippen LogP contribution is -2.36. The minimum Gasteiger partial charge on any atom is -0.390 e. The average Bonchev–Trinajstić information content (AvgIpc) is 3.01. The van der Waals surface area contributed by atoms with Gasteiger partial charge in [-0.3, -0.25) is 0 Å². The summed E-state index contributed by atoms with van der Waals surface area (Å²) in [6.07, 6.45) is 13.6. The molecule has 3 aliphatic rings. The molecule has 0 spiro atoms. The zero-order valence-corrected chi connectivity index (χ0v) is 19.7. The van der Waals surface area contributed by atoms with Crippen molar-refractivity contribution in [2.75, 3.05) is 0 Å². The van der Waals surface area contributed by atoms with Crippen LogP contribution in [0.3, 0.4) is 0 Å². The largest absolute Gasteiger partial charge is 0.390 e. The first-order chi connectivity index (χ1) is 14.0. The van der Waals surface area contributed by atoms with Crippen LogP contribution in [0.2, 0.25) is 0 Å². The van der Waals surface area contributed by atoms with Gasteiger partial charge in [-0.1, -0.05) is 51.0 Å². The molecule has 3 heteroatoms. The van der Waals surface area contributed by atoms with Crippen LogP contribution in [0.4, 0.5) is 0 Å². The van der Waals surface area contributed by atoms with Gasteiger partial charge in [0.2, 0.25) is 0 Å². The smallest absolute Gasteiger partial charge is 0.105 e. The van der Waals surface area contributed by atoms with E-state index in [1.807, 2.05) is 13.8 Å². The van der Waals surface area contributed by atoms with Gasteiger partial charge in [0.05, 0.1) is 11.7 Å². The van der Waals surface area contributed by atoms with Gasteiger partial charge < -0.3 is 15.3 Å². The van der Waals surface area contributed by atoms with Gasteiger partial charge in [-0.15, -0.1) is 0 Å². The van der Waals surface area contributed by atoms with E-state index in [1.165, 1.54) is 37.7 Å². The molecule has 30 heavy (non-hydrogen) atoms. The maximum atomic E-state index is 10.4. The number of rotatable bonds is 6. The van der Waals surface area contributed by atoms with Crippen molar-refractivity contribution in [3.8, 4) is 0 Å². The normalized spacial score (nSPS) is 38.8. The zero-order chi connectivity index (χ0) is 22.1. The Morgan fingerprint density at radius 2 is 1.90 bits per heavy atom. The summed E-state index contributed by atoms with van der Waals surface area (Å²) >= 11 is 0. The van der Waals surface area contributed by atoms with Gasteiger partial charge in [-0.05, 0) is 99.5 Å². The lowest BCUT2D eigenvalue weighted by atomic mass is 9.60. The molecule has 3 nitrogen and oxygen atoms in total. The van der Waals surface area contributed by atoms with E-state index in [1.54, 1.807) is 0 Å². The molecule has 3 saturated carbocycles. The highest BCUT2D eigenvalue weighted by Gasteiger charge is 2.50. The van der Waals surface area contributed by atoms with E-state index < -0.39 is 17.8 Å². The van der Waals surface area contributed by atoms with Crippen LogP contribution in [0.15, 0.2) is 35.5 Å². The highest BCUT2D eigenvalue weighted by Crippen LogP contribution is 2.60. The van der Waals surface area contributed by atoms with Crippen molar-refractivity contribution >= 4 is 0 Å². The molecule has 0 amide bonds. The molecule has 0 bridgehead atoms. The van der Waals surface area contributed by atoms with Crippen LogP contribution in [0.25, 0.3) is 0 Å². The highest BCUT2D eigenvalue weighted by atomic mass is 16.3. The summed E-state index contributed by atoms with van der Waals surface area (Å²) < 4.78 is 0. The Morgan fingerprint density at radius 1 is 1.17 bits per heavy atom. The van der Waals surface area contributed by atoms with Crippen molar-refractivity contribution < 1.29 is 15.3 Å². The fraction of sp³-hybridized carbons (Fsp3) is 0.778. The Hall–Kier alpha value is -0.900. The molecular weight excluding hydrogens is 372 g/mol. The molecule has 0 aromatic rings. The molecule has 0 heterocycles. The molecule has 3 rings (SSSR count). The summed E-state index contributed by atoms with van der Waals surface area (Å²) in [5.74, 6) is 2.07. The van der Waals surface area contributed by atoms with Gasteiger partial charge in [0.1, 0.15) is 6.10 Å². The first kappa shape index (κ1) is 23.8. The van der Waals surface area contributed by atoms with Crippen molar-refractivity contribution in [3.05, 3.63) is 35.5 Å². The molecule has 3 aliphatic carbocycles. The Bertz CT molecular complexity index is 683. The molecule has 170 valence electrons. The summed E-state index contributed by atoms with van der Waals surface area (Å²) in [5.41, 5.74) is 3.12. The number of aliphatic hydroxyl groups is 3. The van der Waals surface area contributed by atoms with E-state index in [4.69, 9.17) is 0 Å². The van der Waals surface area contributed by atoms with Gasteiger partial charge in [0.25, 0.3) is 0 Å². The van der Waals surface area contributed by atoms with E-state index in [9.17, 15) is 15.3 Å². The number of fused-ring (bicyclic) bond motifs is 1. The Kier molecular flexibility index (Phi) is 7.37. The SMILES string of the molecule is C=C1CC[C@H](O)[C@H](O)/C1=C/C=C1\CCC[C@]2(C)[C@@H]([C@H](C)CCCC(C)(C)O)CC[C@@H]12. The predicted octanol–water partition coefficient (Wildman–Crippen LogP) is 5.70. The fourth-order valence-electron chi connectivity index (χ4n) is 6.73. The van der Waals surface area contributed by atoms with Crippen LogP contribution in [0.1, 0.15) is 91.9 Å². The van der Waals surface area contributed by atoms with Gasteiger partial charge in [0.15, 0.2) is 0 Å². The molecular formula is C27H44O3. The van der Waals surface area contributed by atoms with Crippen LogP contribution in [0.5, 0.6) is 0 Å². The Balaban J connectivity index is 1.72. The predicted molar refractivity (Wildman–Crippen MR) is 124 cm³/mol. The van der Waals surface area contributed by atoms with E-state index >= 15 is 0 Å². The third-order valence-electron chi connectivity index (χ3n) is 8.48. The van der Waals surface area contributed by atoms with Crippen molar-refractivity contribution in [1.82, 2.24) is 0 Å². The number of allylic oxidation sites excluding steroid dienone is 3. The average molecular weight is 417 g/mol. The molecule has 0 radical (unpaired) electrons. The summed E-state index contributed by atoms with van der Waals surface area (Å²) in [4.78, 5) is 0. The fourth-order valence-corrected chi connectivity index (χ4v) is 6.73. The minimum absolute atomic E-state index is 0.360. The van der Waals surface area contributed by atoms with E-state index in [0.717, 1.165) is 42.7 Å². The molecule has 0 saturated heterocycles. The Morgan fingerprint density at radius 3 is 2.60 bits per heavy atom. The number of hydrogen-bond acceptors (Lipinski definition) is 3. The van der Waals surface area contributed by atoms with Gasteiger partial charge >= 0.3 is 0 Å². The highest BCUT2D eigenvalue weighted by molar-refractivity contribution is 5.39. The second kappa shape index (κ2) is 9.30. The third-order valence-corrected chi connectivity index (χ3v) is 8.48. The van der Waals surface area contributed by atoms with Crippen molar-refractivity contribution in [1.29, 1.82) is 0 Å². The topological polar surface area (TPSA) is 60.7 Å². The second-order valence-electron chi connectivity index (χ2n) is 11.3. The summed E-state index contributed by atoms with van der Waals surface area (Å²) in [5, 5.41) is 30.5. The van der Waals surface area contributed by atoms with E-state index in [2.05, 4.69) is 32.6 Å². The number of aliphatic hydroxyl groups excluding tert-OH is 2. The van der Waals surface area contributed by atoms with Crippen LogP contribution in [-0.2, 0) is 0 Å². The van der Waals surface area contributed by atoms with Crippen LogP contribution >= 0.6 is 0 Å². The monoisotopic (exact) mass is 416 g/mol. The minimum atomic E-state index is -0.801. The number of hydrogen-bond donors (Lipinski definition) is 3. The quantitative estimate of drug-likeness (QED) is 0.520. The van der Waals surface area contributed by atoms with Crippen molar-refractivity contribution in [2.45, 2.75) is 110 Å².